The molecule has 2 saturated heterocycles. The fraction of sp³-hybridized carbons (Fsp3) is 0.759. The number of aromatic nitrogens is 2. The molecule has 2 aliphatic carbocycles. The molecule has 222 valence electrons. The number of hydrogen-bond acceptors (Lipinski definition) is 5. The Morgan fingerprint density at radius 3 is 2.52 bits per heavy atom. The number of nitrogens with one attached hydrogen (secondary N) is 2. The van der Waals surface area contributed by atoms with Gasteiger partial charge in [-0.3, -0.25) is 18.8 Å². The second-order valence-electron chi connectivity index (χ2n) is 13.0. The fourth-order valence-electron chi connectivity index (χ4n) is 7.93. The summed E-state index contributed by atoms with van der Waals surface area (Å²) in [6, 6.07) is 0.720. The number of hydrazine groups is 1. The first kappa shape index (κ1) is 28.2. The van der Waals surface area contributed by atoms with Crippen LogP contribution in [0.1, 0.15) is 75.5 Å². The summed E-state index contributed by atoms with van der Waals surface area (Å²) in [5, 5.41) is 0. The molecule has 2 aromatic heterocycles. The first-order valence-electron chi connectivity index (χ1n) is 15.0. The molecular formula is C29H42F4N6O. The van der Waals surface area contributed by atoms with Gasteiger partial charge in [0, 0.05) is 31.5 Å². The van der Waals surface area contributed by atoms with E-state index in [0.29, 0.717) is 43.5 Å². The van der Waals surface area contributed by atoms with Crippen LogP contribution in [0.15, 0.2) is 23.3 Å². The van der Waals surface area contributed by atoms with Crippen molar-refractivity contribution in [2.75, 3.05) is 26.8 Å². The van der Waals surface area contributed by atoms with Crippen LogP contribution < -0.4 is 16.5 Å². The highest BCUT2D eigenvalue weighted by Crippen LogP contribution is 2.47. The lowest BCUT2D eigenvalue weighted by molar-refractivity contribution is -0.136. The first-order valence-corrected chi connectivity index (χ1v) is 15.0. The zero-order valence-corrected chi connectivity index (χ0v) is 23.5. The maximum atomic E-state index is 15.4. The largest absolute Gasteiger partial charge is 0.418 e. The molecule has 7 nitrogen and oxygen atoms in total. The van der Waals surface area contributed by atoms with Gasteiger partial charge in [-0.05, 0) is 81.0 Å². The van der Waals surface area contributed by atoms with Crippen molar-refractivity contribution in [2.45, 2.75) is 89.4 Å². The lowest BCUT2D eigenvalue weighted by Gasteiger charge is -2.46. The Morgan fingerprint density at radius 2 is 1.88 bits per heavy atom. The number of nitrogens with zero attached hydrogens (tertiary/aromatic N) is 4. The highest BCUT2D eigenvalue weighted by molar-refractivity contribution is 5.56. The number of halogens is 4. The smallest absolute Gasteiger partial charge is 0.299 e. The van der Waals surface area contributed by atoms with Gasteiger partial charge in [-0.2, -0.15) is 13.2 Å². The van der Waals surface area contributed by atoms with E-state index < -0.39 is 29.6 Å². The molecule has 0 spiro atoms. The van der Waals surface area contributed by atoms with Crippen LogP contribution in [0.5, 0.6) is 0 Å². The fourth-order valence-corrected chi connectivity index (χ4v) is 7.93. The SMILES string of the molecule is C[C@H]1CCCN(Cc2cc(C(F)(F)F)c3cn(C4CC(F)CC([C@@H](C5CCC5)C5NNCN5C)C4)c(=O)n3c2)C1. The summed E-state index contributed by atoms with van der Waals surface area (Å²) >= 11 is 0. The Hall–Kier alpha value is -1.95. The predicted molar refractivity (Wildman–Crippen MR) is 145 cm³/mol. The van der Waals surface area contributed by atoms with E-state index in [0.717, 1.165) is 43.2 Å². The van der Waals surface area contributed by atoms with Gasteiger partial charge in [0.05, 0.1) is 23.9 Å². The molecule has 2 aromatic rings. The van der Waals surface area contributed by atoms with Crippen LogP contribution in [0.2, 0.25) is 0 Å². The van der Waals surface area contributed by atoms with Crippen molar-refractivity contribution >= 4 is 5.52 Å². The van der Waals surface area contributed by atoms with Gasteiger partial charge in [0.15, 0.2) is 0 Å². The molecule has 6 rings (SSSR count). The average molecular weight is 567 g/mol. The van der Waals surface area contributed by atoms with E-state index >= 15 is 4.39 Å². The summed E-state index contributed by atoms with van der Waals surface area (Å²) in [5.41, 5.74) is 5.59. The topological polar surface area (TPSA) is 57.0 Å². The predicted octanol–water partition coefficient (Wildman–Crippen LogP) is 4.77. The Bertz CT molecular complexity index is 1260. The van der Waals surface area contributed by atoms with Gasteiger partial charge in [-0.15, -0.1) is 0 Å². The zero-order valence-electron chi connectivity index (χ0n) is 23.5. The normalized spacial score (nSPS) is 32.0. The van der Waals surface area contributed by atoms with Gasteiger partial charge in [0.1, 0.15) is 6.17 Å². The Balaban J connectivity index is 1.33. The van der Waals surface area contributed by atoms with E-state index in [2.05, 4.69) is 27.6 Å². The molecule has 0 amide bonds. The second-order valence-corrected chi connectivity index (χ2v) is 13.0. The average Bonchev–Trinajstić information content (AvgIpc) is 3.42. The van der Waals surface area contributed by atoms with Gasteiger partial charge < -0.3 is 0 Å². The Labute approximate surface area is 232 Å². The van der Waals surface area contributed by atoms with E-state index in [1.807, 2.05) is 7.05 Å². The van der Waals surface area contributed by atoms with Crippen molar-refractivity contribution in [1.82, 2.24) is 29.6 Å². The van der Waals surface area contributed by atoms with Crippen LogP contribution in [0.4, 0.5) is 17.6 Å². The number of alkyl halides is 4. The summed E-state index contributed by atoms with van der Waals surface area (Å²) < 4.78 is 60.7. The van der Waals surface area contributed by atoms with Crippen LogP contribution in [-0.4, -0.2) is 57.9 Å². The quantitative estimate of drug-likeness (QED) is 0.494. The van der Waals surface area contributed by atoms with Gasteiger partial charge in [0.2, 0.25) is 0 Å². The number of imidazole rings is 1. The van der Waals surface area contributed by atoms with Crippen LogP contribution in [0.3, 0.4) is 0 Å². The summed E-state index contributed by atoms with van der Waals surface area (Å²) in [6.45, 7) is 4.90. The maximum absolute atomic E-state index is 15.4. The van der Waals surface area contributed by atoms with E-state index in [4.69, 9.17) is 0 Å². The summed E-state index contributed by atoms with van der Waals surface area (Å²) in [6.07, 6.45) is 3.96. The molecular weight excluding hydrogens is 524 g/mol. The molecule has 4 heterocycles. The van der Waals surface area contributed by atoms with E-state index in [-0.39, 0.29) is 29.9 Å². The maximum Gasteiger partial charge on any atom is 0.418 e. The number of rotatable bonds is 6. The van der Waals surface area contributed by atoms with E-state index in [1.165, 1.54) is 23.3 Å². The van der Waals surface area contributed by atoms with Gasteiger partial charge in [0.25, 0.3) is 0 Å². The van der Waals surface area contributed by atoms with Crippen molar-refractivity contribution in [3.8, 4) is 0 Å². The van der Waals surface area contributed by atoms with Crippen LogP contribution in [-0.2, 0) is 12.7 Å². The lowest BCUT2D eigenvalue weighted by Crippen LogP contribution is -2.51. The third kappa shape index (κ3) is 5.46. The molecule has 2 N–H and O–H groups in total. The number of piperidine rings is 1. The van der Waals surface area contributed by atoms with E-state index in [1.54, 1.807) is 6.20 Å². The van der Waals surface area contributed by atoms with Crippen LogP contribution in [0, 0.1) is 23.7 Å². The van der Waals surface area contributed by atoms with E-state index in [9.17, 15) is 18.0 Å². The zero-order chi connectivity index (χ0) is 28.2. The van der Waals surface area contributed by atoms with Crippen molar-refractivity contribution in [3.63, 3.8) is 0 Å². The minimum absolute atomic E-state index is 0.0348. The van der Waals surface area contributed by atoms with Gasteiger partial charge in [-0.1, -0.05) is 26.2 Å². The molecule has 4 aliphatic rings. The molecule has 2 aliphatic heterocycles. The third-order valence-corrected chi connectivity index (χ3v) is 10.0. The first-order chi connectivity index (χ1) is 19.1. The molecule has 4 fully saturated rings. The molecule has 2 saturated carbocycles. The number of fused-ring (bicyclic) bond motifs is 1. The minimum Gasteiger partial charge on any atom is -0.299 e. The number of likely N-dealkylation sites (tertiary alicyclic amines) is 1. The van der Waals surface area contributed by atoms with Crippen molar-refractivity contribution < 1.29 is 17.6 Å². The van der Waals surface area contributed by atoms with Crippen molar-refractivity contribution in [3.05, 3.63) is 40.1 Å². The van der Waals surface area contributed by atoms with Crippen LogP contribution in [0.25, 0.3) is 5.52 Å². The van der Waals surface area contributed by atoms with Crippen molar-refractivity contribution in [2.24, 2.45) is 23.7 Å². The number of pyridine rings is 1. The molecule has 4 unspecified atom stereocenters. The highest BCUT2D eigenvalue weighted by Gasteiger charge is 2.45. The molecule has 0 radical (unpaired) electrons. The summed E-state index contributed by atoms with van der Waals surface area (Å²) in [4.78, 5) is 18.1. The Morgan fingerprint density at radius 1 is 1.07 bits per heavy atom. The molecule has 0 bridgehead atoms. The summed E-state index contributed by atoms with van der Waals surface area (Å²) in [7, 11) is 2.04. The monoisotopic (exact) mass is 566 g/mol. The third-order valence-electron chi connectivity index (χ3n) is 10.0. The molecule has 40 heavy (non-hydrogen) atoms. The summed E-state index contributed by atoms with van der Waals surface area (Å²) in [5.74, 6) is 1.23. The van der Waals surface area contributed by atoms with Gasteiger partial charge >= 0.3 is 11.9 Å². The molecule has 6 atom stereocenters. The van der Waals surface area contributed by atoms with Gasteiger partial charge in [-0.25, -0.2) is 20.0 Å². The van der Waals surface area contributed by atoms with Crippen LogP contribution >= 0.6 is 0 Å². The standard InChI is InChI=1S/C29H42F4N6O/c1-18-5-4-8-37(13-18)14-19-9-24(29(31,32)33)25-16-38(28(40)39(25)15-19)23-11-21(10-22(30)12-23)26(20-6-3-7-20)27-35-34-17-36(27)2/h9,15-16,18,20-23,26-27,34-35H,3-8,10-14,17H2,1-2H3/t18-,21?,22?,23?,26+,27?/m0/s1. The highest BCUT2D eigenvalue weighted by atomic mass is 19.4. The van der Waals surface area contributed by atoms with Crippen molar-refractivity contribution in [1.29, 1.82) is 0 Å². The molecule has 0 aromatic carbocycles. The molecule has 11 heteroatoms. The Kier molecular flexibility index (Phi) is 7.78. The minimum atomic E-state index is -4.60. The lowest BCUT2D eigenvalue weighted by atomic mass is 9.64. The second kappa shape index (κ2) is 11.0. The number of hydrogen-bond donors (Lipinski definition) is 2.